The van der Waals surface area contributed by atoms with Crippen molar-refractivity contribution in [3.05, 3.63) is 0 Å². The molecular weight excluding hydrogens is 216 g/mol. The Morgan fingerprint density at radius 3 is 2.12 bits per heavy atom. The molecule has 0 bridgehead atoms. The van der Waals surface area contributed by atoms with Crippen LogP contribution in [-0.4, -0.2) is 42.6 Å². The molecule has 4 heteroatoms. The zero-order chi connectivity index (χ0) is 13.9. The molecule has 17 heavy (non-hydrogen) atoms. The largest absolute Gasteiger partial charge is 0.383 e. The van der Waals surface area contributed by atoms with Gasteiger partial charge in [0.25, 0.3) is 0 Å². The summed E-state index contributed by atoms with van der Waals surface area (Å²) in [4.78, 5) is 14.4. The second-order valence-electron chi connectivity index (χ2n) is 5.74. The molecule has 0 saturated carbocycles. The quantitative estimate of drug-likeness (QED) is 0.772. The normalized spacial score (nSPS) is 14.6. The molecule has 0 aromatic carbocycles. The van der Waals surface area contributed by atoms with E-state index >= 15 is 0 Å². The summed E-state index contributed by atoms with van der Waals surface area (Å²) in [7, 11) is 1.65. The van der Waals surface area contributed by atoms with Crippen LogP contribution in [0.2, 0.25) is 0 Å². The molecule has 0 spiro atoms. The second-order valence-corrected chi connectivity index (χ2v) is 5.74. The van der Waals surface area contributed by atoms with E-state index in [9.17, 15) is 4.79 Å². The van der Waals surface area contributed by atoms with Gasteiger partial charge in [-0.1, -0.05) is 0 Å². The van der Waals surface area contributed by atoms with Crippen molar-refractivity contribution in [2.75, 3.05) is 20.3 Å². The van der Waals surface area contributed by atoms with E-state index in [4.69, 9.17) is 10.5 Å². The summed E-state index contributed by atoms with van der Waals surface area (Å²) < 4.78 is 5.11. The highest BCUT2D eigenvalue weighted by Crippen LogP contribution is 2.31. The molecular formula is C13H28N2O2. The summed E-state index contributed by atoms with van der Waals surface area (Å²) in [5.41, 5.74) is 4.96. The first-order chi connectivity index (χ1) is 7.59. The van der Waals surface area contributed by atoms with Crippen LogP contribution in [0.4, 0.5) is 0 Å². The van der Waals surface area contributed by atoms with Gasteiger partial charge in [-0.3, -0.25) is 4.79 Å². The first-order valence-corrected chi connectivity index (χ1v) is 6.18. The first kappa shape index (κ1) is 16.4. The van der Waals surface area contributed by atoms with Gasteiger partial charge in [-0.25, -0.2) is 0 Å². The maximum Gasteiger partial charge on any atom is 0.230 e. The lowest BCUT2D eigenvalue weighted by Crippen LogP contribution is -2.58. The Labute approximate surface area is 105 Å². The minimum atomic E-state index is -0.592. The van der Waals surface area contributed by atoms with Crippen molar-refractivity contribution in [1.82, 2.24) is 4.90 Å². The summed E-state index contributed by atoms with van der Waals surface area (Å²) >= 11 is 0. The molecule has 0 radical (unpaired) electrons. The number of carbonyl (C=O) groups is 1. The van der Waals surface area contributed by atoms with Crippen molar-refractivity contribution in [3.63, 3.8) is 0 Å². The van der Waals surface area contributed by atoms with Gasteiger partial charge in [0.2, 0.25) is 5.91 Å². The molecule has 0 aliphatic heterocycles. The van der Waals surface area contributed by atoms with Crippen LogP contribution in [0.1, 0.15) is 41.5 Å². The van der Waals surface area contributed by atoms with Crippen LogP contribution in [-0.2, 0) is 9.53 Å². The summed E-state index contributed by atoms with van der Waals surface area (Å²) in [6.45, 7) is 12.8. The predicted molar refractivity (Wildman–Crippen MR) is 70.8 cm³/mol. The Hall–Kier alpha value is -0.610. The van der Waals surface area contributed by atoms with Crippen LogP contribution >= 0.6 is 0 Å². The summed E-state index contributed by atoms with van der Waals surface area (Å²) in [5.74, 6) is 0.0806. The van der Waals surface area contributed by atoms with Crippen LogP contribution in [0.3, 0.4) is 0 Å². The van der Waals surface area contributed by atoms with E-state index in [1.165, 1.54) is 0 Å². The number of rotatable bonds is 6. The number of carbonyl (C=O) groups excluding carboxylic acids is 1. The average Bonchev–Trinajstić information content (AvgIpc) is 2.17. The molecule has 1 atom stereocenters. The highest BCUT2D eigenvalue weighted by molar-refractivity contribution is 5.83. The van der Waals surface area contributed by atoms with Gasteiger partial charge in [-0.05, 0) is 41.5 Å². The van der Waals surface area contributed by atoms with E-state index in [1.807, 2.05) is 46.4 Å². The Morgan fingerprint density at radius 2 is 1.82 bits per heavy atom. The number of ether oxygens (including phenoxy) is 1. The van der Waals surface area contributed by atoms with E-state index < -0.39 is 11.0 Å². The Kier molecular flexibility index (Phi) is 5.62. The monoisotopic (exact) mass is 244 g/mol. The molecule has 1 unspecified atom stereocenters. The highest BCUT2D eigenvalue weighted by atomic mass is 16.5. The fraction of sp³-hybridized carbons (Fsp3) is 0.923. The third-order valence-corrected chi connectivity index (χ3v) is 3.69. The van der Waals surface area contributed by atoms with Crippen molar-refractivity contribution in [2.45, 2.75) is 53.1 Å². The SMILES string of the molecule is CCN(C(=O)C(C)(C)C(C)(C)N)C(C)COC. The topological polar surface area (TPSA) is 55.6 Å². The van der Waals surface area contributed by atoms with Crippen LogP contribution in [0.25, 0.3) is 0 Å². The number of likely N-dealkylation sites (N-methyl/N-ethyl adjacent to an activating group) is 1. The second kappa shape index (κ2) is 5.83. The van der Waals surface area contributed by atoms with Crippen molar-refractivity contribution >= 4 is 5.91 Å². The molecule has 0 aliphatic rings. The molecule has 0 aromatic rings. The molecule has 0 aromatic heterocycles. The van der Waals surface area contributed by atoms with E-state index in [0.717, 1.165) is 0 Å². The van der Waals surface area contributed by atoms with Gasteiger partial charge in [-0.15, -0.1) is 0 Å². The Balaban J connectivity index is 4.99. The van der Waals surface area contributed by atoms with Gasteiger partial charge >= 0.3 is 0 Å². The van der Waals surface area contributed by atoms with Crippen molar-refractivity contribution in [1.29, 1.82) is 0 Å². The maximum absolute atomic E-state index is 12.5. The molecule has 0 saturated heterocycles. The van der Waals surface area contributed by atoms with Gasteiger partial charge in [0.05, 0.1) is 18.1 Å². The minimum absolute atomic E-state index is 0.0686. The van der Waals surface area contributed by atoms with Crippen LogP contribution in [0, 0.1) is 5.41 Å². The van der Waals surface area contributed by atoms with Crippen LogP contribution in [0.15, 0.2) is 0 Å². The van der Waals surface area contributed by atoms with E-state index in [1.54, 1.807) is 7.11 Å². The van der Waals surface area contributed by atoms with Gasteiger partial charge in [0.1, 0.15) is 0 Å². The minimum Gasteiger partial charge on any atom is -0.383 e. The van der Waals surface area contributed by atoms with Crippen LogP contribution < -0.4 is 5.73 Å². The average molecular weight is 244 g/mol. The third kappa shape index (κ3) is 3.68. The fourth-order valence-corrected chi connectivity index (χ4v) is 1.62. The number of methoxy groups -OCH3 is 1. The molecule has 0 heterocycles. The van der Waals surface area contributed by atoms with Gasteiger partial charge in [-0.2, -0.15) is 0 Å². The van der Waals surface area contributed by atoms with Gasteiger partial charge in [0.15, 0.2) is 0 Å². The standard InChI is InChI=1S/C13H28N2O2/c1-8-15(10(2)9-17-7)11(16)12(3,4)13(5,6)14/h10H,8-9,14H2,1-7H3. The summed E-state index contributed by atoms with van der Waals surface area (Å²) in [6.07, 6.45) is 0. The molecule has 2 N–H and O–H groups in total. The molecule has 1 amide bonds. The summed E-state index contributed by atoms with van der Waals surface area (Å²) in [6, 6.07) is 0.0686. The smallest absolute Gasteiger partial charge is 0.230 e. The lowest BCUT2D eigenvalue weighted by molar-refractivity contribution is -0.146. The van der Waals surface area contributed by atoms with E-state index in [-0.39, 0.29) is 11.9 Å². The van der Waals surface area contributed by atoms with E-state index in [2.05, 4.69) is 0 Å². The Morgan fingerprint density at radius 1 is 1.35 bits per heavy atom. The number of amides is 1. The number of nitrogens with zero attached hydrogens (tertiary/aromatic N) is 1. The molecule has 0 fully saturated rings. The summed E-state index contributed by atoms with van der Waals surface area (Å²) in [5, 5.41) is 0. The van der Waals surface area contributed by atoms with Crippen molar-refractivity contribution in [2.24, 2.45) is 11.1 Å². The molecule has 4 nitrogen and oxygen atoms in total. The Bertz CT molecular complexity index is 257. The van der Waals surface area contributed by atoms with Crippen molar-refractivity contribution in [3.8, 4) is 0 Å². The lowest BCUT2D eigenvalue weighted by atomic mass is 9.74. The predicted octanol–water partition coefficient (Wildman–Crippen LogP) is 1.63. The first-order valence-electron chi connectivity index (χ1n) is 6.18. The highest BCUT2D eigenvalue weighted by Gasteiger charge is 2.43. The lowest BCUT2D eigenvalue weighted by Gasteiger charge is -2.42. The molecule has 0 aliphatic carbocycles. The zero-order valence-corrected chi connectivity index (χ0v) is 12.3. The number of hydrogen-bond acceptors (Lipinski definition) is 3. The molecule has 0 rings (SSSR count). The third-order valence-electron chi connectivity index (χ3n) is 3.69. The van der Waals surface area contributed by atoms with E-state index in [0.29, 0.717) is 13.2 Å². The van der Waals surface area contributed by atoms with Gasteiger partial charge in [0, 0.05) is 19.2 Å². The fourth-order valence-electron chi connectivity index (χ4n) is 1.62. The van der Waals surface area contributed by atoms with Crippen molar-refractivity contribution < 1.29 is 9.53 Å². The zero-order valence-electron chi connectivity index (χ0n) is 12.3. The number of nitrogens with two attached hydrogens (primary N) is 1. The molecule has 102 valence electrons. The number of hydrogen-bond donors (Lipinski definition) is 1. The van der Waals surface area contributed by atoms with Crippen LogP contribution in [0.5, 0.6) is 0 Å². The van der Waals surface area contributed by atoms with Gasteiger partial charge < -0.3 is 15.4 Å². The maximum atomic E-state index is 12.5.